The van der Waals surface area contributed by atoms with Crippen LogP contribution in [-0.2, 0) is 6.61 Å². The van der Waals surface area contributed by atoms with E-state index in [1.807, 2.05) is 0 Å². The van der Waals surface area contributed by atoms with Gasteiger partial charge in [-0.05, 0) is 18.2 Å². The first-order valence-electron chi connectivity index (χ1n) is 5.02. The normalized spacial score (nSPS) is 10.3. The third-order valence-corrected chi connectivity index (χ3v) is 2.24. The van der Waals surface area contributed by atoms with Gasteiger partial charge in [0.15, 0.2) is 11.6 Å². The van der Waals surface area contributed by atoms with Gasteiger partial charge in [-0.2, -0.15) is 0 Å². The molecule has 0 radical (unpaired) electrons. The summed E-state index contributed by atoms with van der Waals surface area (Å²) >= 11 is 0. The number of halogens is 2. The molecule has 0 atom stereocenters. The number of aliphatic hydroxyl groups is 1. The lowest BCUT2D eigenvalue weighted by molar-refractivity contribution is 0.273. The van der Waals surface area contributed by atoms with Gasteiger partial charge in [0.05, 0.1) is 6.61 Å². The highest BCUT2D eigenvalue weighted by molar-refractivity contribution is 5.35. The molecule has 0 heterocycles. The molecule has 4 heteroatoms. The van der Waals surface area contributed by atoms with Crippen LogP contribution in [0.15, 0.2) is 42.5 Å². The fraction of sp³-hybridized carbons (Fsp3) is 0.0769. The number of hydrogen-bond donors (Lipinski definition) is 1. The number of benzene rings is 2. The Morgan fingerprint density at radius 3 is 2.53 bits per heavy atom. The van der Waals surface area contributed by atoms with E-state index in [2.05, 4.69) is 0 Å². The monoisotopic (exact) mass is 236 g/mol. The highest BCUT2D eigenvalue weighted by Gasteiger charge is 2.09. The van der Waals surface area contributed by atoms with Gasteiger partial charge >= 0.3 is 0 Å². The van der Waals surface area contributed by atoms with E-state index < -0.39 is 18.2 Å². The molecule has 0 unspecified atom stereocenters. The highest BCUT2D eigenvalue weighted by atomic mass is 19.1. The van der Waals surface area contributed by atoms with Crippen molar-refractivity contribution in [2.24, 2.45) is 0 Å². The first-order chi connectivity index (χ1) is 8.20. The number of hydrogen-bond acceptors (Lipinski definition) is 2. The molecule has 0 aliphatic heterocycles. The minimum absolute atomic E-state index is 0.0397. The SMILES string of the molecule is OCc1cccc(Oc2cccc(F)c2)c1F. The third-order valence-electron chi connectivity index (χ3n) is 2.24. The highest BCUT2D eigenvalue weighted by Crippen LogP contribution is 2.26. The third kappa shape index (κ3) is 2.60. The van der Waals surface area contributed by atoms with Crippen molar-refractivity contribution in [2.45, 2.75) is 6.61 Å². The molecule has 2 rings (SSSR count). The zero-order chi connectivity index (χ0) is 12.3. The van der Waals surface area contributed by atoms with Crippen molar-refractivity contribution < 1.29 is 18.6 Å². The van der Waals surface area contributed by atoms with Crippen LogP contribution < -0.4 is 4.74 Å². The molecule has 2 aromatic carbocycles. The van der Waals surface area contributed by atoms with Crippen LogP contribution in [0.1, 0.15) is 5.56 Å². The minimum atomic E-state index is -0.640. The predicted molar refractivity (Wildman–Crippen MR) is 58.8 cm³/mol. The summed E-state index contributed by atoms with van der Waals surface area (Å²) < 4.78 is 31.8. The molecular weight excluding hydrogens is 226 g/mol. The molecular formula is C13H10F2O2. The van der Waals surface area contributed by atoms with Crippen LogP contribution in [0.5, 0.6) is 11.5 Å². The molecule has 0 saturated carbocycles. The molecule has 1 N–H and O–H groups in total. The molecule has 0 spiro atoms. The van der Waals surface area contributed by atoms with Crippen LogP contribution in [0.4, 0.5) is 8.78 Å². The van der Waals surface area contributed by atoms with Gasteiger partial charge in [-0.3, -0.25) is 0 Å². The fourth-order valence-corrected chi connectivity index (χ4v) is 1.41. The summed E-state index contributed by atoms with van der Waals surface area (Å²) in [6, 6.07) is 9.85. The van der Waals surface area contributed by atoms with Crippen LogP contribution in [0.2, 0.25) is 0 Å². The molecule has 17 heavy (non-hydrogen) atoms. The average molecular weight is 236 g/mol. The molecule has 2 aromatic rings. The first-order valence-corrected chi connectivity index (χ1v) is 5.02. The van der Waals surface area contributed by atoms with E-state index in [9.17, 15) is 8.78 Å². The second-order valence-electron chi connectivity index (χ2n) is 3.45. The van der Waals surface area contributed by atoms with Crippen molar-refractivity contribution in [3.05, 3.63) is 59.7 Å². The van der Waals surface area contributed by atoms with E-state index >= 15 is 0 Å². The van der Waals surface area contributed by atoms with Crippen molar-refractivity contribution in [1.29, 1.82) is 0 Å². The fourth-order valence-electron chi connectivity index (χ4n) is 1.41. The van der Waals surface area contributed by atoms with Crippen molar-refractivity contribution >= 4 is 0 Å². The summed E-state index contributed by atoms with van der Waals surface area (Å²) in [5.41, 5.74) is 0.138. The van der Waals surface area contributed by atoms with E-state index in [0.29, 0.717) is 0 Å². The summed E-state index contributed by atoms with van der Waals surface area (Å²) in [4.78, 5) is 0. The lowest BCUT2D eigenvalue weighted by Crippen LogP contribution is -1.94. The van der Waals surface area contributed by atoms with Crippen LogP contribution in [0.3, 0.4) is 0 Å². The van der Waals surface area contributed by atoms with Crippen LogP contribution >= 0.6 is 0 Å². The Hall–Kier alpha value is -1.94. The number of aliphatic hydroxyl groups excluding tert-OH is 1. The van der Waals surface area contributed by atoms with Crippen LogP contribution in [-0.4, -0.2) is 5.11 Å². The van der Waals surface area contributed by atoms with Crippen molar-refractivity contribution in [3.8, 4) is 11.5 Å². The Labute approximate surface area is 97.1 Å². The average Bonchev–Trinajstić information content (AvgIpc) is 2.32. The molecule has 2 nitrogen and oxygen atoms in total. The Morgan fingerprint density at radius 2 is 1.82 bits per heavy atom. The molecule has 0 fully saturated rings. The maximum atomic E-state index is 13.7. The molecule has 0 aliphatic rings. The van der Waals surface area contributed by atoms with Gasteiger partial charge in [0, 0.05) is 11.6 Å². The topological polar surface area (TPSA) is 29.5 Å². The molecule has 0 amide bonds. The maximum Gasteiger partial charge on any atom is 0.171 e. The summed E-state index contributed by atoms with van der Waals surface area (Å²) in [5, 5.41) is 8.90. The van der Waals surface area contributed by atoms with Gasteiger partial charge in [-0.1, -0.05) is 18.2 Å². The van der Waals surface area contributed by atoms with Gasteiger partial charge < -0.3 is 9.84 Å². The lowest BCUT2D eigenvalue weighted by Gasteiger charge is -2.08. The predicted octanol–water partition coefficient (Wildman–Crippen LogP) is 3.25. The van der Waals surface area contributed by atoms with E-state index in [-0.39, 0.29) is 17.1 Å². The molecule has 88 valence electrons. The molecule has 0 saturated heterocycles. The van der Waals surface area contributed by atoms with Crippen LogP contribution in [0.25, 0.3) is 0 Å². The zero-order valence-electron chi connectivity index (χ0n) is 8.86. The van der Waals surface area contributed by atoms with E-state index in [0.717, 1.165) is 6.07 Å². The van der Waals surface area contributed by atoms with Gasteiger partial charge in [0.25, 0.3) is 0 Å². The maximum absolute atomic E-state index is 13.7. The van der Waals surface area contributed by atoms with E-state index in [1.54, 1.807) is 6.07 Å². The number of rotatable bonds is 3. The van der Waals surface area contributed by atoms with Gasteiger partial charge in [-0.25, -0.2) is 8.78 Å². The summed E-state index contributed by atoms with van der Waals surface area (Å²) in [6.07, 6.45) is 0. The van der Waals surface area contributed by atoms with Gasteiger partial charge in [0.2, 0.25) is 0 Å². The quantitative estimate of drug-likeness (QED) is 0.886. The summed E-state index contributed by atoms with van der Waals surface area (Å²) in [5.74, 6) is -0.929. The molecule has 0 aromatic heterocycles. The van der Waals surface area contributed by atoms with Crippen molar-refractivity contribution in [3.63, 3.8) is 0 Å². The Kier molecular flexibility index (Phi) is 3.35. The second kappa shape index (κ2) is 4.93. The first kappa shape index (κ1) is 11.5. The van der Waals surface area contributed by atoms with Crippen LogP contribution in [0, 0.1) is 11.6 Å². The largest absolute Gasteiger partial charge is 0.454 e. The molecule has 0 bridgehead atoms. The second-order valence-corrected chi connectivity index (χ2v) is 3.45. The van der Waals surface area contributed by atoms with Crippen molar-refractivity contribution in [2.75, 3.05) is 0 Å². The van der Waals surface area contributed by atoms with E-state index in [4.69, 9.17) is 9.84 Å². The lowest BCUT2D eigenvalue weighted by atomic mass is 10.2. The summed E-state index contributed by atoms with van der Waals surface area (Å²) in [6.45, 7) is -0.411. The smallest absolute Gasteiger partial charge is 0.171 e. The standard InChI is InChI=1S/C13H10F2O2/c14-10-4-2-5-11(7-10)17-12-6-1-3-9(8-16)13(12)15/h1-7,16H,8H2. The Morgan fingerprint density at radius 1 is 1.06 bits per heavy atom. The Bertz CT molecular complexity index is 527. The number of ether oxygens (including phenoxy) is 1. The Balaban J connectivity index is 2.30. The zero-order valence-corrected chi connectivity index (χ0v) is 8.86. The summed E-state index contributed by atoms with van der Waals surface area (Å²) in [7, 11) is 0. The van der Waals surface area contributed by atoms with Crippen molar-refractivity contribution in [1.82, 2.24) is 0 Å². The van der Waals surface area contributed by atoms with E-state index in [1.165, 1.54) is 30.3 Å². The minimum Gasteiger partial charge on any atom is -0.454 e. The van der Waals surface area contributed by atoms with Gasteiger partial charge in [-0.15, -0.1) is 0 Å². The van der Waals surface area contributed by atoms with Gasteiger partial charge in [0.1, 0.15) is 11.6 Å². The molecule has 0 aliphatic carbocycles.